The molecule has 1 aliphatic heterocycles. The van der Waals surface area contributed by atoms with Gasteiger partial charge in [0.15, 0.2) is 6.21 Å². The second-order valence-electron chi connectivity index (χ2n) is 6.30. The van der Waals surface area contributed by atoms with Crippen LogP contribution in [0.5, 0.6) is 0 Å². The van der Waals surface area contributed by atoms with Crippen molar-refractivity contribution in [1.29, 1.82) is 0 Å². The van der Waals surface area contributed by atoms with Crippen LogP contribution in [0.1, 0.15) is 32.8 Å². The lowest BCUT2D eigenvalue weighted by atomic mass is 10.1. The van der Waals surface area contributed by atoms with E-state index in [0.29, 0.717) is 5.56 Å². The van der Waals surface area contributed by atoms with Gasteiger partial charge in [0.2, 0.25) is 10.0 Å². The monoisotopic (exact) mass is 401 g/mol. The van der Waals surface area contributed by atoms with Crippen molar-refractivity contribution in [3.63, 3.8) is 0 Å². The predicted molar refractivity (Wildman–Crippen MR) is 107 cm³/mol. The fourth-order valence-corrected chi connectivity index (χ4v) is 5.44. The first-order valence-corrected chi connectivity index (χ1v) is 10.7. The maximum absolute atomic E-state index is 12.8. The Morgan fingerprint density at radius 2 is 2.00 bits per heavy atom. The topological polar surface area (TPSA) is 75.5 Å². The zero-order valence-electron chi connectivity index (χ0n) is 14.7. The summed E-state index contributed by atoms with van der Waals surface area (Å²) in [5, 5.41) is 12.8. The number of nitrogens with one attached hydrogen (secondary N) is 1. The first-order valence-electron chi connectivity index (χ1n) is 7.96. The van der Waals surface area contributed by atoms with Crippen molar-refractivity contribution in [1.82, 2.24) is 9.62 Å². The molecular formula is C16H23N3O3S3. The third-order valence-corrected chi connectivity index (χ3v) is 7.00. The summed E-state index contributed by atoms with van der Waals surface area (Å²) >= 11 is 6.96. The number of nitrogens with zero attached hydrogens (tertiary/aromatic N) is 2. The van der Waals surface area contributed by atoms with Crippen LogP contribution in [0.4, 0.5) is 0 Å². The van der Waals surface area contributed by atoms with Gasteiger partial charge >= 0.3 is 0 Å². The molecule has 0 aromatic heterocycles. The SMILES string of the molecule is CCCN1C(=S)SC(C)(C)[C@@H]1/[N+]([O-])=C/c1ccc(S(=O)(=O)NC)cc1. The number of thiocarbonyl (C=S) groups is 1. The highest BCUT2D eigenvalue weighted by molar-refractivity contribution is 8.24. The van der Waals surface area contributed by atoms with Gasteiger partial charge in [-0.3, -0.25) is 4.90 Å². The molecule has 1 aliphatic rings. The molecule has 0 radical (unpaired) electrons. The van der Waals surface area contributed by atoms with Gasteiger partial charge in [0, 0.05) is 12.1 Å². The minimum Gasteiger partial charge on any atom is -0.622 e. The van der Waals surface area contributed by atoms with Crippen LogP contribution in [0.2, 0.25) is 0 Å². The molecule has 0 bridgehead atoms. The maximum Gasteiger partial charge on any atom is 0.254 e. The van der Waals surface area contributed by atoms with Crippen molar-refractivity contribution in [2.45, 2.75) is 43.0 Å². The van der Waals surface area contributed by atoms with Crippen molar-refractivity contribution in [2.24, 2.45) is 0 Å². The largest absolute Gasteiger partial charge is 0.622 e. The standard InChI is InChI=1S/C16H23N3O3S3/c1-5-10-18-14(16(2,3)24-15(18)23)19(20)11-12-6-8-13(9-7-12)25(21,22)17-4/h6-9,11,14,17H,5,10H2,1-4H3/b19-11-/t14-/m0/s1. The molecule has 25 heavy (non-hydrogen) atoms. The summed E-state index contributed by atoms with van der Waals surface area (Å²) in [5.74, 6) is 0. The number of thioether (sulfide) groups is 1. The van der Waals surface area contributed by atoms with Crippen LogP contribution in [-0.2, 0) is 10.0 Å². The van der Waals surface area contributed by atoms with Crippen LogP contribution in [0.15, 0.2) is 29.2 Å². The van der Waals surface area contributed by atoms with E-state index in [2.05, 4.69) is 11.6 Å². The smallest absolute Gasteiger partial charge is 0.254 e. The van der Waals surface area contributed by atoms with Crippen LogP contribution in [0.25, 0.3) is 0 Å². The highest BCUT2D eigenvalue weighted by Gasteiger charge is 2.49. The number of benzene rings is 1. The lowest BCUT2D eigenvalue weighted by Gasteiger charge is -2.29. The van der Waals surface area contributed by atoms with Crippen molar-refractivity contribution >= 4 is 44.5 Å². The molecule has 1 aromatic carbocycles. The Bertz CT molecular complexity index is 774. The van der Waals surface area contributed by atoms with E-state index in [4.69, 9.17) is 12.2 Å². The van der Waals surface area contributed by atoms with E-state index in [0.717, 1.165) is 22.0 Å². The van der Waals surface area contributed by atoms with E-state index in [9.17, 15) is 13.6 Å². The Morgan fingerprint density at radius 1 is 1.40 bits per heavy atom. The van der Waals surface area contributed by atoms with Gasteiger partial charge in [0.05, 0.1) is 4.90 Å². The molecule has 1 fully saturated rings. The molecule has 6 nitrogen and oxygen atoms in total. The van der Waals surface area contributed by atoms with Crippen LogP contribution in [-0.4, -0.2) is 53.1 Å². The molecule has 9 heteroatoms. The van der Waals surface area contributed by atoms with Crippen LogP contribution in [0, 0.1) is 5.21 Å². The second-order valence-corrected chi connectivity index (χ2v) is 10.5. The Balaban J connectivity index is 2.32. The molecule has 1 aromatic rings. The van der Waals surface area contributed by atoms with Gasteiger partial charge in [-0.15, -0.1) is 0 Å². The normalized spacial score (nSPS) is 21.0. The maximum atomic E-state index is 12.8. The van der Waals surface area contributed by atoms with Gasteiger partial charge in [-0.05, 0) is 51.6 Å². The van der Waals surface area contributed by atoms with Gasteiger partial charge in [-0.2, -0.15) is 4.74 Å². The van der Waals surface area contributed by atoms with E-state index < -0.39 is 16.2 Å². The first-order chi connectivity index (χ1) is 11.6. The van der Waals surface area contributed by atoms with Crippen LogP contribution >= 0.6 is 24.0 Å². The average Bonchev–Trinajstić information content (AvgIpc) is 2.77. The number of hydrogen-bond acceptors (Lipinski definition) is 5. The number of sulfonamides is 1. The molecule has 1 N–H and O–H groups in total. The molecule has 0 spiro atoms. The molecule has 138 valence electrons. The van der Waals surface area contributed by atoms with Gasteiger partial charge < -0.3 is 5.21 Å². The lowest BCUT2D eigenvalue weighted by Crippen LogP contribution is -2.48. The third-order valence-electron chi connectivity index (χ3n) is 3.94. The zero-order chi connectivity index (χ0) is 18.8. The number of rotatable bonds is 6. The summed E-state index contributed by atoms with van der Waals surface area (Å²) in [6.45, 7) is 6.79. The first kappa shape index (κ1) is 20.2. The van der Waals surface area contributed by atoms with E-state index in [1.165, 1.54) is 37.2 Å². The number of hydrogen-bond donors (Lipinski definition) is 1. The summed E-state index contributed by atoms with van der Waals surface area (Å²) in [6.07, 6.45) is 1.99. The lowest BCUT2D eigenvalue weighted by molar-refractivity contribution is -0.523. The Hall–Kier alpha value is -1.16. The van der Waals surface area contributed by atoms with E-state index in [1.54, 1.807) is 12.1 Å². The quantitative estimate of drug-likeness (QED) is 0.259. The summed E-state index contributed by atoms with van der Waals surface area (Å²) in [7, 11) is -2.12. The van der Waals surface area contributed by atoms with Gasteiger partial charge in [0.1, 0.15) is 9.07 Å². The minimum atomic E-state index is -3.49. The molecule has 0 unspecified atom stereocenters. The highest BCUT2D eigenvalue weighted by Crippen LogP contribution is 2.41. The summed E-state index contributed by atoms with van der Waals surface area (Å²) in [4.78, 5) is 2.12. The predicted octanol–water partition coefficient (Wildman–Crippen LogP) is 2.37. The molecular weight excluding hydrogens is 378 g/mol. The van der Waals surface area contributed by atoms with Crippen LogP contribution < -0.4 is 4.72 Å². The van der Waals surface area contributed by atoms with Gasteiger partial charge in [0.25, 0.3) is 6.17 Å². The second kappa shape index (κ2) is 7.61. The molecule has 1 saturated heterocycles. The van der Waals surface area contributed by atoms with Crippen molar-refractivity contribution in [3.05, 3.63) is 35.0 Å². The fourth-order valence-electron chi connectivity index (χ4n) is 2.78. The average molecular weight is 402 g/mol. The highest BCUT2D eigenvalue weighted by atomic mass is 32.2. The summed E-state index contributed by atoms with van der Waals surface area (Å²) in [6, 6.07) is 6.20. The van der Waals surface area contributed by atoms with Gasteiger partial charge in [-0.25, -0.2) is 13.1 Å². The van der Waals surface area contributed by atoms with Crippen molar-refractivity contribution < 1.29 is 13.2 Å². The molecule has 1 heterocycles. The molecule has 1 atom stereocenters. The van der Waals surface area contributed by atoms with E-state index in [-0.39, 0.29) is 9.64 Å². The van der Waals surface area contributed by atoms with Crippen molar-refractivity contribution in [3.8, 4) is 0 Å². The van der Waals surface area contributed by atoms with Crippen LogP contribution in [0.3, 0.4) is 0 Å². The van der Waals surface area contributed by atoms with Crippen molar-refractivity contribution in [2.75, 3.05) is 13.6 Å². The fraction of sp³-hybridized carbons (Fsp3) is 0.500. The Morgan fingerprint density at radius 3 is 2.52 bits per heavy atom. The third kappa shape index (κ3) is 4.33. The molecule has 0 amide bonds. The Kier molecular flexibility index (Phi) is 6.13. The Labute approximate surface area is 158 Å². The minimum absolute atomic E-state index is 0.162. The van der Waals surface area contributed by atoms with Gasteiger partial charge in [-0.1, -0.05) is 30.9 Å². The van der Waals surface area contributed by atoms with E-state index in [1.807, 2.05) is 18.7 Å². The summed E-state index contributed by atoms with van der Waals surface area (Å²) < 4.78 is 27.1. The summed E-state index contributed by atoms with van der Waals surface area (Å²) in [5.41, 5.74) is 0.639. The van der Waals surface area contributed by atoms with E-state index >= 15 is 0 Å². The molecule has 2 rings (SSSR count). The molecule has 0 saturated carbocycles. The zero-order valence-corrected chi connectivity index (χ0v) is 17.2. The number of hydroxylamine groups is 1. The molecule has 0 aliphatic carbocycles.